The number of Topliss-reactive ketones (excluding diaryl/α,β-unsaturated/α-hetero) is 1. The van der Waals surface area contributed by atoms with Crippen molar-refractivity contribution < 1.29 is 4.79 Å². The summed E-state index contributed by atoms with van der Waals surface area (Å²) in [5.74, 6) is -0.0109. The fraction of sp³-hybridized carbons (Fsp3) is 0.0833. The van der Waals surface area contributed by atoms with Crippen LogP contribution in [0.4, 0.5) is 5.82 Å². The monoisotopic (exact) mass is 329 g/mol. The number of nitrogens with one attached hydrogen (secondary N) is 1. The quantitative estimate of drug-likeness (QED) is 0.511. The van der Waals surface area contributed by atoms with Crippen molar-refractivity contribution in [3.8, 4) is 0 Å². The molecule has 1 aromatic heterocycles. The summed E-state index contributed by atoms with van der Waals surface area (Å²) >= 11 is 12.8. The molecule has 1 heterocycles. The number of hydrogen-bond donors (Lipinski definition) is 2. The summed E-state index contributed by atoms with van der Waals surface area (Å²) in [6.45, 7) is 0. The molecule has 0 spiro atoms. The summed E-state index contributed by atoms with van der Waals surface area (Å²) in [6, 6.07) is 5.82. The minimum atomic E-state index is -0.364. The van der Waals surface area contributed by atoms with Crippen molar-refractivity contribution in [3.05, 3.63) is 50.2 Å². The first-order chi connectivity index (χ1) is 9.45. The molecule has 0 amide bonds. The first-order valence-corrected chi connectivity index (χ1v) is 7.18. The number of carbonyl (C=O) groups excluding carboxylic acids is 1. The number of nitrogens with two attached hydrogens (primary N) is 1. The summed E-state index contributed by atoms with van der Waals surface area (Å²) < 4.78 is 0. The number of benzene rings is 1. The van der Waals surface area contributed by atoms with E-state index < -0.39 is 0 Å². The van der Waals surface area contributed by atoms with Gasteiger partial charge in [-0.1, -0.05) is 35.0 Å². The normalized spacial score (nSPS) is 10.5. The smallest absolute Gasteiger partial charge is 0.253 e. The van der Waals surface area contributed by atoms with Crippen LogP contribution in [0.15, 0.2) is 34.2 Å². The summed E-state index contributed by atoms with van der Waals surface area (Å²) in [5.41, 5.74) is 5.46. The van der Waals surface area contributed by atoms with Crippen molar-refractivity contribution in [1.82, 2.24) is 9.97 Å². The van der Waals surface area contributed by atoms with Crippen LogP contribution in [0.1, 0.15) is 10.4 Å². The van der Waals surface area contributed by atoms with Gasteiger partial charge in [0.1, 0.15) is 5.82 Å². The Hall–Kier alpha value is -1.50. The molecular formula is C12H9Cl2N3O2S. The maximum Gasteiger partial charge on any atom is 0.253 e. The zero-order chi connectivity index (χ0) is 14.7. The second-order valence-corrected chi connectivity index (χ2v) is 5.62. The van der Waals surface area contributed by atoms with Crippen molar-refractivity contribution >= 4 is 46.6 Å². The minimum Gasteiger partial charge on any atom is -0.383 e. The van der Waals surface area contributed by atoms with E-state index in [1.54, 1.807) is 12.1 Å². The number of ketones is 1. The Labute approximate surface area is 128 Å². The Bertz CT molecular complexity index is 718. The van der Waals surface area contributed by atoms with Gasteiger partial charge >= 0.3 is 0 Å². The molecule has 0 atom stereocenters. The van der Waals surface area contributed by atoms with Crippen LogP contribution in [-0.2, 0) is 0 Å². The molecule has 5 nitrogen and oxygen atoms in total. The minimum absolute atomic E-state index is 0.0771. The number of H-pyrrole nitrogens is 1. The fourth-order valence-electron chi connectivity index (χ4n) is 1.45. The first kappa shape index (κ1) is 14.9. The molecule has 0 radical (unpaired) electrons. The van der Waals surface area contributed by atoms with Gasteiger partial charge in [-0.2, -0.15) is 0 Å². The van der Waals surface area contributed by atoms with E-state index in [1.165, 1.54) is 12.1 Å². The third-order valence-electron chi connectivity index (χ3n) is 2.31. The van der Waals surface area contributed by atoms with Gasteiger partial charge in [-0.25, -0.2) is 4.98 Å². The third kappa shape index (κ3) is 3.75. The van der Waals surface area contributed by atoms with E-state index in [1.807, 2.05) is 0 Å². The number of nitrogen functional groups attached to an aromatic ring is 1. The van der Waals surface area contributed by atoms with E-state index in [0.717, 1.165) is 11.8 Å². The van der Waals surface area contributed by atoms with Crippen LogP contribution < -0.4 is 11.3 Å². The number of halogens is 2. The third-order valence-corrected chi connectivity index (χ3v) is 3.73. The molecule has 0 bridgehead atoms. The molecule has 20 heavy (non-hydrogen) atoms. The lowest BCUT2D eigenvalue weighted by Gasteiger charge is -2.04. The lowest BCUT2D eigenvalue weighted by atomic mass is 10.1. The van der Waals surface area contributed by atoms with Crippen LogP contribution in [0.2, 0.25) is 10.0 Å². The highest BCUT2D eigenvalue weighted by Gasteiger charge is 2.12. The Kier molecular flexibility index (Phi) is 4.69. The van der Waals surface area contributed by atoms with Crippen LogP contribution in [0.25, 0.3) is 0 Å². The lowest BCUT2D eigenvalue weighted by molar-refractivity contribution is 0.102. The van der Waals surface area contributed by atoms with Crippen molar-refractivity contribution in [1.29, 1.82) is 0 Å². The molecule has 0 saturated carbocycles. The maximum absolute atomic E-state index is 12.0. The number of hydrogen-bond acceptors (Lipinski definition) is 5. The zero-order valence-electron chi connectivity index (χ0n) is 10.0. The molecule has 1 aromatic carbocycles. The van der Waals surface area contributed by atoms with Crippen LogP contribution in [0.3, 0.4) is 0 Å². The molecule has 0 aliphatic carbocycles. The molecule has 3 N–H and O–H groups in total. The topological polar surface area (TPSA) is 88.8 Å². The second-order valence-electron chi connectivity index (χ2n) is 3.81. The Morgan fingerprint density at radius 2 is 2.10 bits per heavy atom. The van der Waals surface area contributed by atoms with Gasteiger partial charge in [0.25, 0.3) is 5.56 Å². The molecule has 0 saturated heterocycles. The Morgan fingerprint density at radius 3 is 2.75 bits per heavy atom. The molecule has 104 valence electrons. The molecule has 2 rings (SSSR count). The van der Waals surface area contributed by atoms with Crippen LogP contribution >= 0.6 is 35.0 Å². The van der Waals surface area contributed by atoms with Gasteiger partial charge in [0, 0.05) is 16.7 Å². The van der Waals surface area contributed by atoms with Crippen LogP contribution in [-0.4, -0.2) is 21.5 Å². The van der Waals surface area contributed by atoms with Crippen molar-refractivity contribution in [2.75, 3.05) is 11.5 Å². The molecule has 0 unspecified atom stereocenters. The standard InChI is InChI=1S/C12H9Cl2N3O2S/c13-6-1-2-7(8(14)3-6)9(18)5-20-12-16-10(15)4-11(19)17-12/h1-4H,5H2,(H3,15,16,17,19). The summed E-state index contributed by atoms with van der Waals surface area (Å²) in [7, 11) is 0. The predicted octanol–water partition coefficient (Wildman–Crippen LogP) is 2.63. The van der Waals surface area contributed by atoms with Gasteiger partial charge in [-0.15, -0.1) is 0 Å². The van der Waals surface area contributed by atoms with Crippen molar-refractivity contribution in [2.24, 2.45) is 0 Å². The largest absolute Gasteiger partial charge is 0.383 e. The number of anilines is 1. The molecular weight excluding hydrogens is 321 g/mol. The van der Waals surface area contributed by atoms with E-state index in [4.69, 9.17) is 28.9 Å². The van der Waals surface area contributed by atoms with Crippen LogP contribution in [0, 0.1) is 0 Å². The second kappa shape index (κ2) is 6.30. The maximum atomic E-state index is 12.0. The SMILES string of the molecule is Nc1cc(=O)[nH]c(SCC(=O)c2ccc(Cl)cc2Cl)n1. The average Bonchev–Trinajstić information content (AvgIpc) is 2.35. The van der Waals surface area contributed by atoms with Gasteiger partial charge in [0.2, 0.25) is 0 Å². The summed E-state index contributed by atoms with van der Waals surface area (Å²) in [4.78, 5) is 29.6. The van der Waals surface area contributed by atoms with Gasteiger partial charge in [-0.05, 0) is 18.2 Å². The van der Waals surface area contributed by atoms with Gasteiger partial charge in [0.15, 0.2) is 10.9 Å². The highest BCUT2D eigenvalue weighted by molar-refractivity contribution is 7.99. The summed E-state index contributed by atoms with van der Waals surface area (Å²) in [6.07, 6.45) is 0. The Balaban J connectivity index is 2.10. The predicted molar refractivity (Wildman–Crippen MR) is 80.8 cm³/mol. The number of nitrogens with zero attached hydrogens (tertiary/aromatic N) is 1. The summed E-state index contributed by atoms with van der Waals surface area (Å²) in [5, 5.41) is 1.03. The van der Waals surface area contributed by atoms with E-state index in [0.29, 0.717) is 10.6 Å². The van der Waals surface area contributed by atoms with E-state index in [2.05, 4.69) is 9.97 Å². The van der Waals surface area contributed by atoms with Gasteiger partial charge in [0.05, 0.1) is 10.8 Å². The molecule has 8 heteroatoms. The lowest BCUT2D eigenvalue weighted by Crippen LogP contribution is -2.11. The number of rotatable bonds is 4. The van der Waals surface area contributed by atoms with Crippen LogP contribution in [0.5, 0.6) is 0 Å². The molecule has 0 aliphatic rings. The molecule has 0 fully saturated rings. The highest BCUT2D eigenvalue weighted by Crippen LogP contribution is 2.23. The highest BCUT2D eigenvalue weighted by atomic mass is 35.5. The molecule has 2 aromatic rings. The Morgan fingerprint density at radius 1 is 1.35 bits per heavy atom. The number of thioether (sulfide) groups is 1. The van der Waals surface area contributed by atoms with Crippen molar-refractivity contribution in [3.63, 3.8) is 0 Å². The van der Waals surface area contributed by atoms with Crippen molar-refractivity contribution in [2.45, 2.75) is 5.16 Å². The fourth-order valence-corrected chi connectivity index (χ4v) is 2.73. The van der Waals surface area contributed by atoms with Gasteiger partial charge in [-0.3, -0.25) is 9.59 Å². The first-order valence-electron chi connectivity index (χ1n) is 5.43. The number of carbonyl (C=O) groups is 1. The van der Waals surface area contributed by atoms with E-state index >= 15 is 0 Å². The van der Waals surface area contributed by atoms with E-state index in [9.17, 15) is 9.59 Å². The average molecular weight is 330 g/mol. The molecule has 0 aliphatic heterocycles. The zero-order valence-corrected chi connectivity index (χ0v) is 12.4. The number of aromatic amines is 1. The van der Waals surface area contributed by atoms with Gasteiger partial charge < -0.3 is 10.7 Å². The number of aromatic nitrogens is 2. The van der Waals surface area contributed by atoms with E-state index in [-0.39, 0.29) is 33.1 Å².